The van der Waals surface area contributed by atoms with Crippen LogP contribution in [-0.4, -0.2) is 15.7 Å². The van der Waals surface area contributed by atoms with Crippen LogP contribution in [0.3, 0.4) is 0 Å². The molecule has 2 aromatic rings. The molecule has 0 saturated carbocycles. The van der Waals surface area contributed by atoms with Crippen LogP contribution in [0, 0.1) is 4.84 Å². The number of carbonyl (C=O) groups is 1. The molecule has 0 saturated heterocycles. The second-order valence-electron chi connectivity index (χ2n) is 3.22. The van der Waals surface area contributed by atoms with Gasteiger partial charge < -0.3 is 10.2 Å². The molecule has 5 nitrogen and oxygen atoms in total. The van der Waals surface area contributed by atoms with Crippen LogP contribution in [0.25, 0.3) is 10.8 Å². The molecule has 0 atom stereocenters. The molecule has 0 aliphatic heterocycles. The zero-order chi connectivity index (χ0) is 12.4. The highest BCUT2D eigenvalue weighted by Crippen LogP contribution is 2.29. The van der Waals surface area contributed by atoms with Crippen molar-refractivity contribution in [2.45, 2.75) is 13.0 Å². The fraction of sp³-hybridized carbons (Fsp3) is 0.222. The molecule has 2 heterocycles. The summed E-state index contributed by atoms with van der Waals surface area (Å²) < 4.78 is 7.39. The first-order valence-electron chi connectivity index (χ1n) is 4.68. The van der Waals surface area contributed by atoms with E-state index in [2.05, 4.69) is 5.10 Å². The molecule has 0 radical (unpaired) electrons. The summed E-state index contributed by atoms with van der Waals surface area (Å²) in [6, 6.07) is 3.55. The average Bonchev–Trinajstić information content (AvgIpc) is 2.82. The van der Waals surface area contributed by atoms with E-state index in [0.717, 1.165) is 4.88 Å². The van der Waals surface area contributed by atoms with Crippen LogP contribution in [0.2, 0.25) is 4.34 Å². The molecule has 0 aliphatic rings. The Morgan fingerprint density at radius 3 is 3.00 bits per heavy atom. The van der Waals surface area contributed by atoms with Crippen molar-refractivity contribution in [3.05, 3.63) is 21.3 Å². The van der Waals surface area contributed by atoms with Gasteiger partial charge >= 0.3 is 0 Å². The largest absolute Gasteiger partial charge is 0.408 e. The minimum Gasteiger partial charge on any atom is -0.408 e. The van der Waals surface area contributed by atoms with Crippen molar-refractivity contribution in [3.8, 4) is 10.8 Å². The average molecular weight is 290 g/mol. The van der Waals surface area contributed by atoms with E-state index in [0.29, 0.717) is 16.8 Å². The van der Waals surface area contributed by atoms with Crippen molar-refractivity contribution in [1.82, 2.24) is 9.78 Å². The molecule has 0 bridgehead atoms. The van der Waals surface area contributed by atoms with Gasteiger partial charge in [0.25, 0.3) is 10.7 Å². The topological polar surface area (TPSA) is 74.1 Å². The molecule has 90 valence electrons. The number of aromatic nitrogens is 2. The van der Waals surface area contributed by atoms with E-state index in [-0.39, 0.29) is 11.3 Å². The lowest BCUT2D eigenvalue weighted by Crippen LogP contribution is -2.14. The molecular formula is C9H8ClN3O2S2. The molecule has 2 N–H and O–H groups in total. The number of nitrogens with zero attached hydrogens (tertiary/aromatic N) is 2. The van der Waals surface area contributed by atoms with Gasteiger partial charge in [-0.3, -0.25) is 4.79 Å². The van der Waals surface area contributed by atoms with Gasteiger partial charge in [-0.05, 0) is 24.4 Å². The standard InChI is InChI=1S/C9H8ClN3O2S2/c10-6-2-1-5(17-6)8-12-13(9(16)15-8)4-3-7(11)14/h1-2H,3-4H2,(H2,11,14). The van der Waals surface area contributed by atoms with Gasteiger partial charge in [0.1, 0.15) is 0 Å². The Labute approximate surface area is 111 Å². The number of halogens is 1. The Kier molecular flexibility index (Phi) is 3.60. The molecule has 0 unspecified atom stereocenters. The van der Waals surface area contributed by atoms with Gasteiger partial charge in [0.15, 0.2) is 0 Å². The van der Waals surface area contributed by atoms with Crippen LogP contribution in [-0.2, 0) is 11.3 Å². The fourth-order valence-corrected chi connectivity index (χ4v) is 2.37. The predicted octanol–water partition coefficient (Wildman–Crippen LogP) is 2.46. The van der Waals surface area contributed by atoms with E-state index in [1.54, 1.807) is 12.1 Å². The second-order valence-corrected chi connectivity index (χ2v) is 5.28. The lowest BCUT2D eigenvalue weighted by molar-refractivity contribution is -0.118. The zero-order valence-electron chi connectivity index (χ0n) is 8.55. The summed E-state index contributed by atoms with van der Waals surface area (Å²) in [5.74, 6) is -0.00742. The van der Waals surface area contributed by atoms with Crippen molar-refractivity contribution >= 4 is 41.1 Å². The Morgan fingerprint density at radius 2 is 2.41 bits per heavy atom. The quantitative estimate of drug-likeness (QED) is 0.878. The van der Waals surface area contributed by atoms with E-state index in [4.69, 9.17) is 34.0 Å². The smallest absolute Gasteiger partial charge is 0.287 e. The van der Waals surface area contributed by atoms with E-state index in [1.165, 1.54) is 16.0 Å². The van der Waals surface area contributed by atoms with Gasteiger partial charge in [-0.1, -0.05) is 11.6 Å². The molecule has 0 spiro atoms. The van der Waals surface area contributed by atoms with Gasteiger partial charge in [-0.25, -0.2) is 4.68 Å². The molecule has 0 aliphatic carbocycles. The molecular weight excluding hydrogens is 282 g/mol. The number of nitrogens with two attached hydrogens (primary N) is 1. The maximum Gasteiger partial charge on any atom is 0.287 e. The lowest BCUT2D eigenvalue weighted by Gasteiger charge is -1.94. The monoisotopic (exact) mass is 289 g/mol. The SMILES string of the molecule is NC(=O)CCn1nc(-c2ccc(Cl)s2)oc1=S. The van der Waals surface area contributed by atoms with Crippen LogP contribution in [0.4, 0.5) is 0 Å². The van der Waals surface area contributed by atoms with Crippen molar-refractivity contribution in [2.24, 2.45) is 5.73 Å². The normalized spacial score (nSPS) is 10.6. The first kappa shape index (κ1) is 12.3. The minimum absolute atomic E-state index is 0.172. The third kappa shape index (κ3) is 2.93. The number of hydrogen-bond acceptors (Lipinski definition) is 5. The maximum atomic E-state index is 10.7. The Bertz CT molecular complexity index is 601. The van der Waals surface area contributed by atoms with Crippen molar-refractivity contribution in [3.63, 3.8) is 0 Å². The predicted molar refractivity (Wildman–Crippen MR) is 67.5 cm³/mol. The maximum absolute atomic E-state index is 10.7. The van der Waals surface area contributed by atoms with E-state index >= 15 is 0 Å². The molecule has 8 heteroatoms. The molecule has 2 rings (SSSR count). The minimum atomic E-state index is -0.407. The van der Waals surface area contributed by atoms with Crippen molar-refractivity contribution < 1.29 is 9.21 Å². The number of thiophene rings is 1. The zero-order valence-corrected chi connectivity index (χ0v) is 10.9. The summed E-state index contributed by atoms with van der Waals surface area (Å²) in [6.45, 7) is 0.316. The third-order valence-electron chi connectivity index (χ3n) is 1.96. The number of hydrogen-bond donors (Lipinski definition) is 1. The molecule has 0 aromatic carbocycles. The molecule has 17 heavy (non-hydrogen) atoms. The summed E-state index contributed by atoms with van der Waals surface area (Å²) in [4.78, 5) is 11.7. The number of primary amides is 1. The van der Waals surface area contributed by atoms with Crippen molar-refractivity contribution in [1.29, 1.82) is 0 Å². The fourth-order valence-electron chi connectivity index (χ4n) is 1.19. The van der Waals surface area contributed by atoms with Crippen molar-refractivity contribution in [2.75, 3.05) is 0 Å². The van der Waals surface area contributed by atoms with Gasteiger partial charge in [-0.2, -0.15) is 0 Å². The number of carbonyl (C=O) groups excluding carboxylic acids is 1. The highest BCUT2D eigenvalue weighted by Gasteiger charge is 2.10. The van der Waals surface area contributed by atoms with Gasteiger partial charge in [-0.15, -0.1) is 16.4 Å². The number of aryl methyl sites for hydroxylation is 1. The van der Waals surface area contributed by atoms with Crippen LogP contribution < -0.4 is 5.73 Å². The third-order valence-corrected chi connectivity index (χ3v) is 3.47. The summed E-state index contributed by atoms with van der Waals surface area (Å²) >= 11 is 12.1. The lowest BCUT2D eigenvalue weighted by atomic mass is 10.4. The summed E-state index contributed by atoms with van der Waals surface area (Å²) in [7, 11) is 0. The summed E-state index contributed by atoms with van der Waals surface area (Å²) in [5, 5.41) is 4.16. The van der Waals surface area contributed by atoms with Gasteiger partial charge in [0, 0.05) is 6.42 Å². The summed E-state index contributed by atoms with van der Waals surface area (Å²) in [5.41, 5.74) is 5.05. The Morgan fingerprint density at radius 1 is 1.65 bits per heavy atom. The number of amides is 1. The summed E-state index contributed by atoms with van der Waals surface area (Å²) in [6.07, 6.45) is 0.172. The Balaban J connectivity index is 2.24. The van der Waals surface area contributed by atoms with E-state index < -0.39 is 5.91 Å². The second kappa shape index (κ2) is 4.99. The van der Waals surface area contributed by atoms with Gasteiger partial charge in [0.2, 0.25) is 5.91 Å². The number of rotatable bonds is 4. The molecule has 0 fully saturated rings. The van der Waals surface area contributed by atoms with E-state index in [1.807, 2.05) is 0 Å². The molecule has 1 amide bonds. The van der Waals surface area contributed by atoms with Crippen LogP contribution in [0.5, 0.6) is 0 Å². The van der Waals surface area contributed by atoms with Crippen LogP contribution in [0.15, 0.2) is 16.5 Å². The van der Waals surface area contributed by atoms with Gasteiger partial charge in [0.05, 0.1) is 15.8 Å². The van der Waals surface area contributed by atoms with Crippen LogP contribution in [0.1, 0.15) is 6.42 Å². The highest BCUT2D eigenvalue weighted by atomic mass is 35.5. The van der Waals surface area contributed by atoms with Crippen LogP contribution >= 0.6 is 35.2 Å². The highest BCUT2D eigenvalue weighted by molar-refractivity contribution is 7.71. The first-order valence-corrected chi connectivity index (χ1v) is 6.28. The Hall–Kier alpha value is -1.18. The first-order chi connectivity index (χ1) is 8.06. The van der Waals surface area contributed by atoms with E-state index in [9.17, 15) is 4.79 Å². The molecule has 2 aromatic heterocycles.